The number of nitrogens with zero attached hydrogens (tertiary/aromatic N) is 1. The van der Waals surface area contributed by atoms with Crippen molar-refractivity contribution in [3.63, 3.8) is 0 Å². The Morgan fingerprint density at radius 2 is 2.10 bits per heavy atom. The monoisotopic (exact) mass is 161 g/mol. The van der Waals surface area contributed by atoms with Crippen molar-refractivity contribution in [1.29, 1.82) is 0 Å². The first-order valence-electron chi connectivity index (χ1n) is 3.73. The second-order valence-corrected chi connectivity index (χ2v) is 2.98. The molecule has 0 aromatic carbocycles. The van der Waals surface area contributed by atoms with E-state index in [0.29, 0.717) is 6.10 Å². The molecule has 0 saturated carbocycles. The topological polar surface area (TPSA) is 12.5 Å². The third-order valence-corrected chi connectivity index (χ3v) is 2.47. The Kier molecular flexibility index (Phi) is 3.52. The Hall–Kier alpha value is 0.270. The van der Waals surface area contributed by atoms with Gasteiger partial charge in [-0.15, -0.1) is 0 Å². The minimum Gasteiger partial charge on any atom is -0.381 e. The molecule has 1 rings (SSSR count). The van der Waals surface area contributed by atoms with Gasteiger partial charge in [0.1, 0.15) is 0 Å². The molecule has 1 fully saturated rings. The van der Waals surface area contributed by atoms with Crippen LogP contribution in [0.25, 0.3) is 0 Å². The molecule has 1 aliphatic heterocycles. The van der Waals surface area contributed by atoms with Crippen LogP contribution < -0.4 is 0 Å². The molecule has 0 N–H and O–H groups in total. The van der Waals surface area contributed by atoms with Crippen molar-refractivity contribution in [1.82, 2.24) is 4.90 Å². The lowest BCUT2D eigenvalue weighted by Gasteiger charge is -2.29. The number of rotatable bonds is 2. The minimum atomic E-state index is 0.496. The Morgan fingerprint density at radius 3 is 2.50 bits per heavy atom. The second kappa shape index (κ2) is 4.21. The van der Waals surface area contributed by atoms with E-state index in [1.54, 1.807) is 7.11 Å². The normalized spacial score (nSPS) is 23.4. The van der Waals surface area contributed by atoms with Crippen molar-refractivity contribution in [2.24, 2.45) is 0 Å². The van der Waals surface area contributed by atoms with Gasteiger partial charge in [-0.1, -0.05) is 0 Å². The quantitative estimate of drug-likeness (QED) is 0.606. The van der Waals surface area contributed by atoms with Crippen LogP contribution in [0.2, 0.25) is 0 Å². The molecule has 0 aromatic heterocycles. The average Bonchev–Trinajstić information content (AvgIpc) is 2.05. The van der Waals surface area contributed by atoms with Gasteiger partial charge < -0.3 is 4.74 Å². The van der Waals surface area contributed by atoms with E-state index in [9.17, 15) is 0 Å². The molecule has 1 aliphatic rings. The van der Waals surface area contributed by atoms with E-state index in [1.165, 1.54) is 0 Å². The predicted molar refractivity (Wildman–Crippen MR) is 45.5 cm³/mol. The van der Waals surface area contributed by atoms with Crippen LogP contribution in [0.1, 0.15) is 12.8 Å². The van der Waals surface area contributed by atoms with Gasteiger partial charge in [0.25, 0.3) is 0 Å². The van der Waals surface area contributed by atoms with Gasteiger partial charge in [0.2, 0.25) is 0 Å². The maximum absolute atomic E-state index is 5.23. The summed E-state index contributed by atoms with van der Waals surface area (Å²) in [6.07, 6.45) is 2.82. The molecule has 0 radical (unpaired) electrons. The first-order valence-corrected chi connectivity index (χ1v) is 4.36. The standard InChI is InChI=1S/C7H15NOS/c1-9-7-2-4-8(6-10)5-3-7/h7,10H,2-6H2,1H3. The van der Waals surface area contributed by atoms with Gasteiger partial charge in [-0.3, -0.25) is 4.90 Å². The Morgan fingerprint density at radius 1 is 1.50 bits per heavy atom. The van der Waals surface area contributed by atoms with E-state index < -0.39 is 0 Å². The average molecular weight is 161 g/mol. The van der Waals surface area contributed by atoms with Gasteiger partial charge in [0.15, 0.2) is 0 Å². The van der Waals surface area contributed by atoms with Crippen molar-refractivity contribution in [3.8, 4) is 0 Å². The number of ether oxygens (including phenoxy) is 1. The zero-order valence-electron chi connectivity index (χ0n) is 6.42. The van der Waals surface area contributed by atoms with Gasteiger partial charge in [0, 0.05) is 26.1 Å². The van der Waals surface area contributed by atoms with Crippen molar-refractivity contribution < 1.29 is 4.74 Å². The van der Waals surface area contributed by atoms with Crippen LogP contribution in [0.3, 0.4) is 0 Å². The molecule has 0 aromatic rings. The number of likely N-dealkylation sites (tertiary alicyclic amines) is 1. The van der Waals surface area contributed by atoms with E-state index in [0.717, 1.165) is 31.8 Å². The third kappa shape index (κ3) is 2.15. The van der Waals surface area contributed by atoms with Crippen LogP contribution in [-0.4, -0.2) is 37.1 Å². The Bertz CT molecular complexity index is 79.6. The summed E-state index contributed by atoms with van der Waals surface area (Å²) in [6.45, 7) is 2.28. The molecular weight excluding hydrogens is 146 g/mol. The summed E-state index contributed by atoms with van der Waals surface area (Å²) in [5.74, 6) is 0.885. The van der Waals surface area contributed by atoms with Crippen molar-refractivity contribution in [3.05, 3.63) is 0 Å². The predicted octanol–water partition coefficient (Wildman–Crippen LogP) is 0.984. The lowest BCUT2D eigenvalue weighted by molar-refractivity contribution is 0.0468. The smallest absolute Gasteiger partial charge is 0.0595 e. The highest BCUT2D eigenvalue weighted by Crippen LogP contribution is 2.12. The molecule has 10 heavy (non-hydrogen) atoms. The van der Waals surface area contributed by atoms with Gasteiger partial charge in [-0.05, 0) is 12.8 Å². The van der Waals surface area contributed by atoms with Gasteiger partial charge >= 0.3 is 0 Å². The first kappa shape index (κ1) is 8.37. The zero-order valence-corrected chi connectivity index (χ0v) is 7.31. The molecule has 0 aliphatic carbocycles. The van der Waals surface area contributed by atoms with E-state index in [1.807, 2.05) is 0 Å². The fourth-order valence-electron chi connectivity index (χ4n) is 1.29. The van der Waals surface area contributed by atoms with Crippen LogP contribution in [0, 0.1) is 0 Å². The lowest BCUT2D eigenvalue weighted by Crippen LogP contribution is -2.35. The van der Waals surface area contributed by atoms with E-state index in [-0.39, 0.29) is 0 Å². The fraction of sp³-hybridized carbons (Fsp3) is 1.00. The van der Waals surface area contributed by atoms with E-state index >= 15 is 0 Å². The summed E-state index contributed by atoms with van der Waals surface area (Å²) >= 11 is 4.21. The number of hydrogen-bond donors (Lipinski definition) is 1. The van der Waals surface area contributed by atoms with Crippen molar-refractivity contribution in [2.75, 3.05) is 26.1 Å². The largest absolute Gasteiger partial charge is 0.381 e. The maximum Gasteiger partial charge on any atom is 0.0595 e. The molecule has 0 amide bonds. The van der Waals surface area contributed by atoms with E-state index in [2.05, 4.69) is 17.5 Å². The minimum absolute atomic E-state index is 0.496. The van der Waals surface area contributed by atoms with Crippen LogP contribution in [0.4, 0.5) is 0 Å². The van der Waals surface area contributed by atoms with E-state index in [4.69, 9.17) is 4.74 Å². The summed E-state index contributed by atoms with van der Waals surface area (Å²) < 4.78 is 5.23. The summed E-state index contributed by atoms with van der Waals surface area (Å²) in [6, 6.07) is 0. The zero-order chi connectivity index (χ0) is 7.40. The fourth-order valence-corrected chi connectivity index (χ4v) is 1.57. The van der Waals surface area contributed by atoms with Crippen LogP contribution in [0.5, 0.6) is 0 Å². The van der Waals surface area contributed by atoms with Gasteiger partial charge in [-0.2, -0.15) is 12.6 Å². The van der Waals surface area contributed by atoms with Gasteiger partial charge in [-0.25, -0.2) is 0 Å². The van der Waals surface area contributed by atoms with Crippen molar-refractivity contribution >= 4 is 12.6 Å². The summed E-state index contributed by atoms with van der Waals surface area (Å²) in [5, 5.41) is 0. The number of piperidine rings is 1. The highest BCUT2D eigenvalue weighted by Gasteiger charge is 2.16. The molecule has 0 spiro atoms. The molecule has 0 unspecified atom stereocenters. The second-order valence-electron chi connectivity index (χ2n) is 2.69. The van der Waals surface area contributed by atoms with Crippen LogP contribution >= 0.6 is 12.6 Å². The van der Waals surface area contributed by atoms with Crippen LogP contribution in [0.15, 0.2) is 0 Å². The molecule has 60 valence electrons. The molecule has 1 saturated heterocycles. The molecule has 1 heterocycles. The number of methoxy groups -OCH3 is 1. The Balaban J connectivity index is 2.17. The molecule has 0 bridgehead atoms. The first-order chi connectivity index (χ1) is 4.86. The SMILES string of the molecule is COC1CCN(CS)CC1. The molecule has 3 heteroatoms. The number of thiol groups is 1. The highest BCUT2D eigenvalue weighted by molar-refractivity contribution is 7.80. The number of hydrogen-bond acceptors (Lipinski definition) is 3. The van der Waals surface area contributed by atoms with Crippen LogP contribution in [-0.2, 0) is 4.74 Å². The molecular formula is C7H15NOS. The lowest BCUT2D eigenvalue weighted by atomic mass is 10.1. The maximum atomic E-state index is 5.23. The Labute approximate surface area is 68.0 Å². The van der Waals surface area contributed by atoms with Gasteiger partial charge in [0.05, 0.1) is 6.10 Å². The molecule has 0 atom stereocenters. The highest BCUT2D eigenvalue weighted by atomic mass is 32.1. The molecule has 2 nitrogen and oxygen atoms in total. The van der Waals surface area contributed by atoms with Crippen molar-refractivity contribution in [2.45, 2.75) is 18.9 Å². The summed E-state index contributed by atoms with van der Waals surface area (Å²) in [7, 11) is 1.79. The summed E-state index contributed by atoms with van der Waals surface area (Å²) in [4.78, 5) is 2.33. The third-order valence-electron chi connectivity index (χ3n) is 2.07. The summed E-state index contributed by atoms with van der Waals surface area (Å²) in [5.41, 5.74) is 0.